The fourth-order valence-electron chi connectivity index (χ4n) is 2.15. The molecule has 0 unspecified atom stereocenters. The highest BCUT2D eigenvalue weighted by atomic mass is 16.5. The van der Waals surface area contributed by atoms with Crippen LogP contribution in [-0.2, 0) is 0 Å². The van der Waals surface area contributed by atoms with Crippen LogP contribution >= 0.6 is 0 Å². The molecule has 0 amide bonds. The average molecular weight is 265 g/mol. The van der Waals surface area contributed by atoms with E-state index in [4.69, 9.17) is 4.74 Å². The molecule has 0 saturated heterocycles. The van der Waals surface area contributed by atoms with Gasteiger partial charge in [-0.05, 0) is 42.0 Å². The second-order valence-corrected chi connectivity index (χ2v) is 4.68. The second kappa shape index (κ2) is 5.31. The molecule has 3 nitrogen and oxygen atoms in total. The Morgan fingerprint density at radius 3 is 2.60 bits per heavy atom. The molecule has 100 valence electrons. The highest BCUT2D eigenvalue weighted by Crippen LogP contribution is 2.29. The maximum atomic E-state index is 9.73. The van der Waals surface area contributed by atoms with Crippen molar-refractivity contribution in [2.75, 3.05) is 0 Å². The van der Waals surface area contributed by atoms with Gasteiger partial charge in [0.2, 0.25) is 5.88 Å². The van der Waals surface area contributed by atoms with Crippen LogP contribution in [0.2, 0.25) is 0 Å². The first-order valence-corrected chi connectivity index (χ1v) is 6.54. The van der Waals surface area contributed by atoms with E-state index in [1.807, 2.05) is 42.5 Å². The third-order valence-electron chi connectivity index (χ3n) is 3.19. The summed E-state index contributed by atoms with van der Waals surface area (Å²) in [5, 5.41) is 12.0. The lowest BCUT2D eigenvalue weighted by atomic mass is 10.1. The predicted octanol–water partition coefficient (Wildman–Crippen LogP) is 4.08. The van der Waals surface area contributed by atoms with Crippen LogP contribution < -0.4 is 4.74 Å². The SMILES string of the molecule is C[C@H](O)c1cccnc1Oc1ccc2ccccc2c1. The van der Waals surface area contributed by atoms with Crippen LogP contribution in [0.3, 0.4) is 0 Å². The van der Waals surface area contributed by atoms with Gasteiger partial charge in [0.25, 0.3) is 0 Å². The van der Waals surface area contributed by atoms with Gasteiger partial charge in [-0.25, -0.2) is 4.98 Å². The molecule has 0 radical (unpaired) electrons. The van der Waals surface area contributed by atoms with Crippen molar-refractivity contribution in [3.8, 4) is 11.6 Å². The van der Waals surface area contributed by atoms with E-state index < -0.39 is 6.10 Å². The minimum atomic E-state index is -0.612. The number of hydrogen-bond donors (Lipinski definition) is 1. The van der Waals surface area contributed by atoms with Crippen LogP contribution in [0, 0.1) is 0 Å². The van der Waals surface area contributed by atoms with Gasteiger partial charge in [0, 0.05) is 11.8 Å². The monoisotopic (exact) mass is 265 g/mol. The van der Waals surface area contributed by atoms with E-state index in [1.54, 1.807) is 19.2 Å². The molecule has 1 atom stereocenters. The summed E-state index contributed by atoms with van der Waals surface area (Å²) < 4.78 is 5.81. The number of aromatic nitrogens is 1. The molecule has 1 N–H and O–H groups in total. The van der Waals surface area contributed by atoms with Gasteiger partial charge >= 0.3 is 0 Å². The Morgan fingerprint density at radius 2 is 1.80 bits per heavy atom. The molecule has 0 aliphatic heterocycles. The fourth-order valence-corrected chi connectivity index (χ4v) is 2.15. The highest BCUT2D eigenvalue weighted by Gasteiger charge is 2.10. The topological polar surface area (TPSA) is 42.4 Å². The molecule has 2 aromatic carbocycles. The summed E-state index contributed by atoms with van der Waals surface area (Å²) in [5.74, 6) is 1.15. The van der Waals surface area contributed by atoms with Crippen LogP contribution in [0.4, 0.5) is 0 Å². The Labute approximate surface area is 117 Å². The van der Waals surface area contributed by atoms with Crippen molar-refractivity contribution < 1.29 is 9.84 Å². The van der Waals surface area contributed by atoms with Crippen molar-refractivity contribution in [1.82, 2.24) is 4.98 Å². The van der Waals surface area contributed by atoms with Gasteiger partial charge in [-0.2, -0.15) is 0 Å². The van der Waals surface area contributed by atoms with Crippen molar-refractivity contribution in [2.45, 2.75) is 13.0 Å². The van der Waals surface area contributed by atoms with Crippen LogP contribution in [0.15, 0.2) is 60.8 Å². The van der Waals surface area contributed by atoms with Crippen LogP contribution in [-0.4, -0.2) is 10.1 Å². The molecule has 1 heterocycles. The Morgan fingerprint density at radius 1 is 1.00 bits per heavy atom. The van der Waals surface area contributed by atoms with Gasteiger partial charge in [0.1, 0.15) is 5.75 Å². The van der Waals surface area contributed by atoms with Gasteiger partial charge in [0.15, 0.2) is 0 Å². The predicted molar refractivity (Wildman–Crippen MR) is 78.9 cm³/mol. The first kappa shape index (κ1) is 12.6. The lowest BCUT2D eigenvalue weighted by Gasteiger charge is -2.12. The number of fused-ring (bicyclic) bond motifs is 1. The molecule has 3 aromatic rings. The normalized spacial score (nSPS) is 12.3. The molecule has 0 aliphatic rings. The summed E-state index contributed by atoms with van der Waals surface area (Å²) in [5.41, 5.74) is 0.681. The van der Waals surface area contributed by atoms with E-state index >= 15 is 0 Å². The van der Waals surface area contributed by atoms with Crippen molar-refractivity contribution in [2.24, 2.45) is 0 Å². The van der Waals surface area contributed by atoms with Gasteiger partial charge in [-0.3, -0.25) is 0 Å². The highest BCUT2D eigenvalue weighted by molar-refractivity contribution is 5.83. The third-order valence-corrected chi connectivity index (χ3v) is 3.19. The maximum Gasteiger partial charge on any atom is 0.225 e. The summed E-state index contributed by atoms with van der Waals surface area (Å²) in [7, 11) is 0. The summed E-state index contributed by atoms with van der Waals surface area (Å²) in [4.78, 5) is 4.19. The quantitative estimate of drug-likeness (QED) is 0.775. The van der Waals surface area contributed by atoms with Crippen molar-refractivity contribution in [1.29, 1.82) is 0 Å². The van der Waals surface area contributed by atoms with Crippen LogP contribution in [0.1, 0.15) is 18.6 Å². The van der Waals surface area contributed by atoms with Crippen LogP contribution in [0.25, 0.3) is 10.8 Å². The average Bonchev–Trinajstić information content (AvgIpc) is 2.47. The van der Waals surface area contributed by atoms with E-state index in [9.17, 15) is 5.11 Å². The van der Waals surface area contributed by atoms with Crippen LogP contribution in [0.5, 0.6) is 11.6 Å². The lowest BCUT2D eigenvalue weighted by Crippen LogP contribution is -1.98. The van der Waals surface area contributed by atoms with E-state index in [-0.39, 0.29) is 0 Å². The molecule has 0 saturated carbocycles. The number of hydrogen-bond acceptors (Lipinski definition) is 3. The Balaban J connectivity index is 1.97. The number of ether oxygens (including phenoxy) is 1. The summed E-state index contributed by atoms with van der Waals surface area (Å²) in [6.45, 7) is 1.70. The molecule has 1 aromatic heterocycles. The van der Waals surface area contributed by atoms with Crippen molar-refractivity contribution in [3.05, 3.63) is 66.4 Å². The molecular formula is C17H15NO2. The summed E-state index contributed by atoms with van der Waals surface area (Å²) in [6, 6.07) is 17.6. The van der Waals surface area contributed by atoms with Gasteiger partial charge in [-0.15, -0.1) is 0 Å². The molecule has 0 bridgehead atoms. The summed E-state index contributed by atoms with van der Waals surface area (Å²) in [6.07, 6.45) is 1.04. The number of benzene rings is 2. The minimum absolute atomic E-state index is 0.442. The van der Waals surface area contributed by atoms with E-state index in [1.165, 1.54) is 0 Å². The number of aliphatic hydroxyl groups excluding tert-OH is 1. The van der Waals surface area contributed by atoms with Gasteiger partial charge in [-0.1, -0.05) is 30.3 Å². The van der Waals surface area contributed by atoms with Gasteiger partial charge < -0.3 is 9.84 Å². The molecule has 0 aliphatic carbocycles. The number of rotatable bonds is 3. The molecule has 0 spiro atoms. The van der Waals surface area contributed by atoms with Crippen molar-refractivity contribution in [3.63, 3.8) is 0 Å². The summed E-state index contributed by atoms with van der Waals surface area (Å²) >= 11 is 0. The zero-order chi connectivity index (χ0) is 13.9. The molecular weight excluding hydrogens is 250 g/mol. The Kier molecular flexibility index (Phi) is 3.35. The van der Waals surface area contributed by atoms with E-state index in [0.29, 0.717) is 17.2 Å². The zero-order valence-electron chi connectivity index (χ0n) is 11.2. The number of nitrogens with zero attached hydrogens (tertiary/aromatic N) is 1. The minimum Gasteiger partial charge on any atom is -0.439 e. The molecule has 3 rings (SSSR count). The maximum absolute atomic E-state index is 9.73. The number of pyridine rings is 1. The molecule has 3 heteroatoms. The zero-order valence-corrected chi connectivity index (χ0v) is 11.2. The third kappa shape index (κ3) is 2.49. The second-order valence-electron chi connectivity index (χ2n) is 4.68. The van der Waals surface area contributed by atoms with E-state index in [2.05, 4.69) is 11.1 Å². The molecule has 0 fully saturated rings. The Bertz CT molecular complexity index is 738. The van der Waals surface area contributed by atoms with E-state index in [0.717, 1.165) is 10.8 Å². The smallest absolute Gasteiger partial charge is 0.225 e. The molecule has 20 heavy (non-hydrogen) atoms. The largest absolute Gasteiger partial charge is 0.439 e. The van der Waals surface area contributed by atoms with Gasteiger partial charge in [0.05, 0.1) is 6.10 Å². The van der Waals surface area contributed by atoms with Crippen molar-refractivity contribution >= 4 is 10.8 Å². The fraction of sp³-hybridized carbons (Fsp3) is 0.118. The number of aliphatic hydroxyl groups is 1. The Hall–Kier alpha value is -2.39. The first-order chi connectivity index (χ1) is 9.74. The standard InChI is InChI=1S/C17H15NO2/c1-12(19)16-7-4-10-18-17(16)20-15-9-8-13-5-2-3-6-14(13)11-15/h2-12,19H,1H3/t12-/m0/s1. The lowest BCUT2D eigenvalue weighted by molar-refractivity contribution is 0.194. The first-order valence-electron chi connectivity index (χ1n) is 6.54.